The molecule has 2 saturated carbocycles. The third kappa shape index (κ3) is 1.87. The van der Waals surface area contributed by atoms with E-state index in [1.54, 1.807) is 7.11 Å². The highest BCUT2D eigenvalue weighted by Gasteiger charge is 2.65. The molecule has 1 aromatic carbocycles. The summed E-state index contributed by atoms with van der Waals surface area (Å²) in [5, 5.41) is 21.5. The lowest BCUT2D eigenvalue weighted by Gasteiger charge is -2.52. The number of benzene rings is 1. The van der Waals surface area contributed by atoms with Gasteiger partial charge in [-0.05, 0) is 73.1 Å². The van der Waals surface area contributed by atoms with E-state index in [1.165, 1.54) is 11.1 Å². The van der Waals surface area contributed by atoms with Gasteiger partial charge in [-0.2, -0.15) is 0 Å². The Hall–Kier alpha value is -1.50. The second-order valence-corrected chi connectivity index (χ2v) is 8.10. The zero-order chi connectivity index (χ0) is 17.1. The van der Waals surface area contributed by atoms with Crippen molar-refractivity contribution in [2.75, 3.05) is 7.11 Å². The predicted molar refractivity (Wildman–Crippen MR) is 92.8 cm³/mol. The number of aliphatic hydroxyl groups is 2. The maximum atomic E-state index is 11.0. The molecule has 3 aliphatic carbocycles. The first kappa shape index (κ1) is 16.0. The molecule has 24 heavy (non-hydrogen) atoms. The number of ether oxygens (including phenoxy) is 1. The van der Waals surface area contributed by atoms with Gasteiger partial charge in [0.2, 0.25) is 0 Å². The van der Waals surface area contributed by atoms with Gasteiger partial charge in [0.1, 0.15) is 5.75 Å². The molecule has 3 aliphatic rings. The Balaban J connectivity index is 1.71. The summed E-state index contributed by atoms with van der Waals surface area (Å²) < 4.78 is 5.37. The highest BCUT2D eigenvalue weighted by atomic mass is 16.5. The summed E-state index contributed by atoms with van der Waals surface area (Å²) in [7, 11) is 1.71. The van der Waals surface area contributed by atoms with Crippen LogP contribution in [0.5, 0.6) is 5.75 Å². The number of fused-ring (bicyclic) bond motifs is 5. The highest BCUT2D eigenvalue weighted by Crippen LogP contribution is 2.64. The van der Waals surface area contributed by atoms with E-state index in [1.807, 2.05) is 0 Å². The first-order valence-electron chi connectivity index (χ1n) is 8.99. The Bertz CT molecular complexity index is 706. The highest BCUT2D eigenvalue weighted by molar-refractivity contribution is 5.41. The number of hydrogen-bond acceptors (Lipinski definition) is 3. The lowest BCUT2D eigenvalue weighted by molar-refractivity contribution is -0.101. The average molecular weight is 326 g/mol. The Labute approximate surface area is 144 Å². The number of aliphatic hydroxyl groups excluding tert-OH is 1. The van der Waals surface area contributed by atoms with E-state index in [0.717, 1.165) is 31.4 Å². The molecule has 6 atom stereocenters. The van der Waals surface area contributed by atoms with Gasteiger partial charge in [0.05, 0.1) is 13.2 Å². The fourth-order valence-corrected chi connectivity index (χ4v) is 5.97. The van der Waals surface area contributed by atoms with Crippen molar-refractivity contribution in [2.45, 2.75) is 56.7 Å². The molecule has 0 aromatic heterocycles. The quantitative estimate of drug-likeness (QED) is 0.780. The molecule has 3 heteroatoms. The lowest BCUT2D eigenvalue weighted by atomic mass is 9.53. The minimum atomic E-state index is -1.39. The van der Waals surface area contributed by atoms with E-state index in [2.05, 4.69) is 31.0 Å². The molecule has 2 N–H and O–H groups in total. The van der Waals surface area contributed by atoms with Crippen LogP contribution in [0.25, 0.3) is 0 Å². The summed E-state index contributed by atoms with van der Waals surface area (Å²) in [5.74, 6) is 4.74. The summed E-state index contributed by atoms with van der Waals surface area (Å²) in [6.07, 6.45) is 9.47. The van der Waals surface area contributed by atoms with Gasteiger partial charge >= 0.3 is 0 Å². The normalized spacial score (nSPS) is 43.3. The van der Waals surface area contributed by atoms with Crippen molar-refractivity contribution < 1.29 is 14.9 Å². The van der Waals surface area contributed by atoms with E-state index >= 15 is 0 Å². The minimum absolute atomic E-state index is 0.280. The summed E-state index contributed by atoms with van der Waals surface area (Å²) in [6.45, 7) is 2.09. The van der Waals surface area contributed by atoms with E-state index < -0.39 is 11.7 Å². The van der Waals surface area contributed by atoms with Crippen LogP contribution in [-0.2, 0) is 6.42 Å². The molecule has 0 saturated heterocycles. The summed E-state index contributed by atoms with van der Waals surface area (Å²) in [5.41, 5.74) is 1.06. The minimum Gasteiger partial charge on any atom is -0.497 e. The fourth-order valence-electron chi connectivity index (χ4n) is 5.97. The van der Waals surface area contributed by atoms with Crippen molar-refractivity contribution in [1.82, 2.24) is 0 Å². The first-order valence-corrected chi connectivity index (χ1v) is 8.99. The Morgan fingerprint density at radius 1 is 1.33 bits per heavy atom. The summed E-state index contributed by atoms with van der Waals surface area (Å²) in [4.78, 5) is 0. The molecule has 128 valence electrons. The van der Waals surface area contributed by atoms with Gasteiger partial charge in [-0.25, -0.2) is 0 Å². The molecular weight excluding hydrogens is 300 g/mol. The number of rotatable bonds is 1. The third-order valence-corrected chi connectivity index (χ3v) is 7.37. The van der Waals surface area contributed by atoms with Crippen molar-refractivity contribution in [1.29, 1.82) is 0 Å². The standard InChI is InChI=1S/C21H26O3/c1-4-21(23)19(22)12-18-17-7-5-13-11-14(24-3)6-8-15(13)16(17)9-10-20(18,21)2/h1,6,8,11,16-19,22-23H,5,7,9-10,12H2,2-3H3/t16?,17?,18?,19-,20-,21-/m0/s1. The van der Waals surface area contributed by atoms with Gasteiger partial charge in [-0.3, -0.25) is 0 Å². The van der Waals surface area contributed by atoms with Gasteiger partial charge < -0.3 is 14.9 Å². The topological polar surface area (TPSA) is 49.7 Å². The van der Waals surface area contributed by atoms with Crippen molar-refractivity contribution >= 4 is 0 Å². The largest absolute Gasteiger partial charge is 0.497 e. The molecule has 0 bridgehead atoms. The van der Waals surface area contributed by atoms with Gasteiger partial charge in [0.15, 0.2) is 5.60 Å². The van der Waals surface area contributed by atoms with Gasteiger partial charge in [-0.15, -0.1) is 6.42 Å². The van der Waals surface area contributed by atoms with Crippen LogP contribution in [0.3, 0.4) is 0 Å². The maximum Gasteiger partial charge on any atom is 0.156 e. The third-order valence-electron chi connectivity index (χ3n) is 7.37. The van der Waals surface area contributed by atoms with Crippen molar-refractivity contribution in [3.63, 3.8) is 0 Å². The Kier molecular flexibility index (Phi) is 3.50. The van der Waals surface area contributed by atoms with E-state index in [-0.39, 0.29) is 11.3 Å². The molecule has 3 nitrogen and oxygen atoms in total. The molecule has 0 spiro atoms. The number of aryl methyl sites for hydroxylation is 1. The molecular formula is C21H26O3. The van der Waals surface area contributed by atoms with Crippen molar-refractivity contribution in [3.8, 4) is 18.1 Å². The Morgan fingerprint density at radius 3 is 2.83 bits per heavy atom. The maximum absolute atomic E-state index is 11.0. The monoisotopic (exact) mass is 326 g/mol. The first-order chi connectivity index (χ1) is 11.4. The van der Waals surface area contributed by atoms with Gasteiger partial charge in [0, 0.05) is 5.41 Å². The van der Waals surface area contributed by atoms with Crippen LogP contribution in [0.4, 0.5) is 0 Å². The van der Waals surface area contributed by atoms with Crippen LogP contribution in [0.1, 0.15) is 49.7 Å². The number of hydrogen-bond donors (Lipinski definition) is 2. The van der Waals surface area contributed by atoms with Gasteiger partial charge in [-0.1, -0.05) is 18.9 Å². The molecule has 0 heterocycles. The predicted octanol–water partition coefficient (Wildman–Crippen LogP) is 2.89. The van der Waals surface area contributed by atoms with E-state index in [9.17, 15) is 10.2 Å². The average Bonchev–Trinajstić information content (AvgIpc) is 2.81. The Morgan fingerprint density at radius 2 is 2.12 bits per heavy atom. The van der Waals surface area contributed by atoms with Crippen LogP contribution in [0.2, 0.25) is 0 Å². The van der Waals surface area contributed by atoms with Crippen LogP contribution < -0.4 is 4.74 Å². The van der Waals surface area contributed by atoms with Gasteiger partial charge in [0.25, 0.3) is 0 Å². The van der Waals surface area contributed by atoms with E-state index in [0.29, 0.717) is 18.3 Å². The second kappa shape index (κ2) is 5.25. The smallest absolute Gasteiger partial charge is 0.156 e. The zero-order valence-corrected chi connectivity index (χ0v) is 14.5. The SMILES string of the molecule is C#C[C@]1(O)[C@@H](O)CC2C3CCc4cc(OC)ccc4C3CC[C@@]21C. The molecule has 3 unspecified atom stereocenters. The molecule has 1 aromatic rings. The van der Waals surface area contributed by atoms with Crippen LogP contribution in [0, 0.1) is 29.6 Å². The summed E-state index contributed by atoms with van der Waals surface area (Å²) >= 11 is 0. The van der Waals surface area contributed by atoms with Crippen LogP contribution in [-0.4, -0.2) is 29.0 Å². The van der Waals surface area contributed by atoms with E-state index in [4.69, 9.17) is 11.2 Å². The summed E-state index contributed by atoms with van der Waals surface area (Å²) in [6, 6.07) is 6.43. The van der Waals surface area contributed by atoms with Crippen LogP contribution in [0.15, 0.2) is 18.2 Å². The molecule has 0 amide bonds. The zero-order valence-electron chi connectivity index (χ0n) is 14.5. The number of methoxy groups -OCH3 is 1. The second-order valence-electron chi connectivity index (χ2n) is 8.10. The molecule has 0 aliphatic heterocycles. The molecule has 4 rings (SSSR count). The van der Waals surface area contributed by atoms with Crippen molar-refractivity contribution in [3.05, 3.63) is 29.3 Å². The molecule has 0 radical (unpaired) electrons. The lowest BCUT2D eigenvalue weighted by Crippen LogP contribution is -2.53. The van der Waals surface area contributed by atoms with Crippen molar-refractivity contribution in [2.24, 2.45) is 17.3 Å². The van der Waals surface area contributed by atoms with Crippen LogP contribution >= 0.6 is 0 Å². The number of terminal acetylenes is 1. The fraction of sp³-hybridized carbons (Fsp3) is 0.619. The molecule has 2 fully saturated rings.